The van der Waals surface area contributed by atoms with Crippen LogP contribution < -0.4 is 11.1 Å². The van der Waals surface area contributed by atoms with E-state index in [1.54, 1.807) is 6.07 Å². The fourth-order valence-corrected chi connectivity index (χ4v) is 2.49. The molecule has 6 heteroatoms. The molecular weight excluding hydrogens is 259 g/mol. The number of nitrogens with zero attached hydrogens (tertiary/aromatic N) is 2. The Bertz CT molecular complexity index is 674. The molecule has 3 rings (SSSR count). The van der Waals surface area contributed by atoms with Gasteiger partial charge in [-0.2, -0.15) is 0 Å². The van der Waals surface area contributed by atoms with Crippen molar-refractivity contribution in [2.45, 2.75) is 18.9 Å². The number of hydrogen-bond acceptors (Lipinski definition) is 4. The van der Waals surface area contributed by atoms with E-state index >= 15 is 0 Å². The molecule has 5 nitrogen and oxygen atoms in total. The third-order valence-electron chi connectivity index (χ3n) is 3.43. The van der Waals surface area contributed by atoms with Gasteiger partial charge in [0, 0.05) is 12.4 Å². The summed E-state index contributed by atoms with van der Waals surface area (Å²) in [7, 11) is 0. The second-order valence-electron chi connectivity index (χ2n) is 4.70. The lowest BCUT2D eigenvalue weighted by atomic mass is 10.1. The molecule has 1 aromatic carbocycles. The van der Waals surface area contributed by atoms with Crippen LogP contribution in [0.3, 0.4) is 0 Å². The van der Waals surface area contributed by atoms with Gasteiger partial charge in [0.2, 0.25) is 0 Å². The van der Waals surface area contributed by atoms with Crippen molar-refractivity contribution >= 4 is 11.7 Å². The van der Waals surface area contributed by atoms with Crippen molar-refractivity contribution < 1.29 is 9.18 Å². The normalized spacial score (nSPS) is 16.8. The number of benzene rings is 1. The SMILES string of the molecule is Nc1nccnc1C(=O)N[C@@H]1CCc2cc(F)ccc21. The van der Waals surface area contributed by atoms with Crippen LogP contribution in [-0.2, 0) is 6.42 Å². The number of anilines is 1. The van der Waals surface area contributed by atoms with Crippen LogP contribution >= 0.6 is 0 Å². The summed E-state index contributed by atoms with van der Waals surface area (Å²) in [5.74, 6) is -0.519. The Hall–Kier alpha value is -2.50. The van der Waals surface area contributed by atoms with Gasteiger partial charge in [-0.05, 0) is 36.1 Å². The van der Waals surface area contributed by atoms with E-state index in [-0.39, 0.29) is 29.3 Å². The number of halogens is 1. The van der Waals surface area contributed by atoms with E-state index in [2.05, 4.69) is 15.3 Å². The number of rotatable bonds is 2. The number of carbonyl (C=O) groups is 1. The van der Waals surface area contributed by atoms with Gasteiger partial charge in [0.1, 0.15) is 5.82 Å². The van der Waals surface area contributed by atoms with Crippen molar-refractivity contribution in [2.75, 3.05) is 5.73 Å². The van der Waals surface area contributed by atoms with Gasteiger partial charge >= 0.3 is 0 Å². The minimum absolute atomic E-state index is 0.0994. The summed E-state index contributed by atoms with van der Waals surface area (Å²) >= 11 is 0. The summed E-state index contributed by atoms with van der Waals surface area (Å²) in [4.78, 5) is 19.9. The minimum Gasteiger partial charge on any atom is -0.382 e. The number of carbonyl (C=O) groups excluding carboxylic acids is 1. The minimum atomic E-state index is -0.363. The lowest BCUT2D eigenvalue weighted by Crippen LogP contribution is -2.28. The standard InChI is InChI=1S/C14H13FN4O/c15-9-2-3-10-8(7-9)1-4-11(10)19-14(20)12-13(16)18-6-5-17-12/h2-3,5-7,11H,1,4H2,(H2,16,18)(H,19,20)/t11-/m1/s1. The zero-order valence-electron chi connectivity index (χ0n) is 10.6. The van der Waals surface area contributed by atoms with Crippen LogP contribution in [0.25, 0.3) is 0 Å². The fourth-order valence-electron chi connectivity index (χ4n) is 2.49. The Morgan fingerprint density at radius 3 is 2.95 bits per heavy atom. The summed E-state index contributed by atoms with van der Waals surface area (Å²) in [5, 5.41) is 2.87. The molecule has 20 heavy (non-hydrogen) atoms. The van der Waals surface area contributed by atoms with Gasteiger partial charge in [0.25, 0.3) is 5.91 Å². The van der Waals surface area contributed by atoms with Crippen molar-refractivity contribution in [3.8, 4) is 0 Å². The van der Waals surface area contributed by atoms with Crippen molar-refractivity contribution in [2.24, 2.45) is 0 Å². The zero-order valence-corrected chi connectivity index (χ0v) is 10.6. The smallest absolute Gasteiger partial charge is 0.274 e. The maximum Gasteiger partial charge on any atom is 0.274 e. The summed E-state index contributed by atoms with van der Waals surface area (Å²) < 4.78 is 13.1. The van der Waals surface area contributed by atoms with Crippen LogP contribution in [0.4, 0.5) is 10.2 Å². The number of nitrogens with one attached hydrogen (secondary N) is 1. The lowest BCUT2D eigenvalue weighted by molar-refractivity contribution is 0.0932. The quantitative estimate of drug-likeness (QED) is 0.870. The molecule has 1 heterocycles. The van der Waals surface area contributed by atoms with Crippen LogP contribution in [0.15, 0.2) is 30.6 Å². The Morgan fingerprint density at radius 1 is 1.35 bits per heavy atom. The van der Waals surface area contributed by atoms with Gasteiger partial charge in [-0.3, -0.25) is 4.79 Å². The van der Waals surface area contributed by atoms with Gasteiger partial charge in [-0.1, -0.05) is 6.07 Å². The highest BCUT2D eigenvalue weighted by Gasteiger charge is 2.25. The van der Waals surface area contributed by atoms with Crippen molar-refractivity contribution in [3.63, 3.8) is 0 Å². The van der Waals surface area contributed by atoms with Crippen molar-refractivity contribution in [3.05, 3.63) is 53.2 Å². The highest BCUT2D eigenvalue weighted by Crippen LogP contribution is 2.31. The summed E-state index contributed by atoms with van der Waals surface area (Å²) in [6.45, 7) is 0. The molecule has 102 valence electrons. The third-order valence-corrected chi connectivity index (χ3v) is 3.43. The van der Waals surface area contributed by atoms with Gasteiger partial charge in [-0.25, -0.2) is 14.4 Å². The maximum atomic E-state index is 13.1. The molecule has 0 bridgehead atoms. The summed E-state index contributed by atoms with van der Waals surface area (Å²) in [6, 6.07) is 4.49. The number of nitrogen functional groups attached to an aromatic ring is 1. The molecule has 1 aliphatic rings. The Kier molecular flexibility index (Phi) is 3.06. The molecule has 0 fully saturated rings. The molecule has 1 aliphatic carbocycles. The van der Waals surface area contributed by atoms with E-state index < -0.39 is 0 Å². The predicted octanol–water partition coefficient (Wildman–Crippen LogP) is 1.62. The van der Waals surface area contributed by atoms with Crippen LogP contribution in [-0.4, -0.2) is 15.9 Å². The first-order valence-electron chi connectivity index (χ1n) is 6.31. The Morgan fingerprint density at radius 2 is 2.15 bits per heavy atom. The molecule has 0 saturated heterocycles. The Labute approximate surface area is 115 Å². The van der Waals surface area contributed by atoms with E-state index in [1.165, 1.54) is 24.5 Å². The second-order valence-corrected chi connectivity index (χ2v) is 4.70. The van der Waals surface area contributed by atoms with E-state index in [9.17, 15) is 9.18 Å². The van der Waals surface area contributed by atoms with Gasteiger partial charge in [-0.15, -0.1) is 0 Å². The largest absolute Gasteiger partial charge is 0.382 e. The van der Waals surface area contributed by atoms with Gasteiger partial charge in [0.15, 0.2) is 11.5 Å². The van der Waals surface area contributed by atoms with Crippen LogP contribution in [0, 0.1) is 5.82 Å². The molecule has 1 aromatic heterocycles. The monoisotopic (exact) mass is 272 g/mol. The van der Waals surface area contributed by atoms with E-state index in [0.29, 0.717) is 0 Å². The number of aromatic nitrogens is 2. The summed E-state index contributed by atoms with van der Waals surface area (Å²) in [5.41, 5.74) is 7.62. The van der Waals surface area contributed by atoms with E-state index in [1.807, 2.05) is 0 Å². The third kappa shape index (κ3) is 2.20. The molecule has 1 atom stereocenters. The Balaban J connectivity index is 1.81. The molecule has 0 unspecified atom stereocenters. The average Bonchev–Trinajstić information content (AvgIpc) is 2.81. The van der Waals surface area contributed by atoms with Gasteiger partial charge in [0.05, 0.1) is 6.04 Å². The fraction of sp³-hybridized carbons (Fsp3) is 0.214. The first-order valence-corrected chi connectivity index (χ1v) is 6.31. The van der Waals surface area contributed by atoms with E-state index in [4.69, 9.17) is 5.73 Å². The number of nitrogens with two attached hydrogens (primary N) is 1. The average molecular weight is 272 g/mol. The zero-order chi connectivity index (χ0) is 14.1. The molecule has 1 amide bonds. The number of aryl methyl sites for hydroxylation is 1. The molecular formula is C14H13FN4O. The molecule has 0 saturated carbocycles. The van der Waals surface area contributed by atoms with Crippen LogP contribution in [0.2, 0.25) is 0 Å². The first kappa shape index (κ1) is 12.5. The number of hydrogen-bond donors (Lipinski definition) is 2. The molecule has 2 aromatic rings. The van der Waals surface area contributed by atoms with Gasteiger partial charge < -0.3 is 11.1 Å². The molecule has 0 aliphatic heterocycles. The lowest BCUT2D eigenvalue weighted by Gasteiger charge is -2.14. The molecule has 3 N–H and O–H groups in total. The topological polar surface area (TPSA) is 80.9 Å². The molecule has 0 spiro atoms. The number of amides is 1. The van der Waals surface area contributed by atoms with Crippen LogP contribution in [0.5, 0.6) is 0 Å². The highest BCUT2D eigenvalue weighted by atomic mass is 19.1. The predicted molar refractivity (Wildman–Crippen MR) is 71.4 cm³/mol. The summed E-state index contributed by atoms with van der Waals surface area (Å²) in [6.07, 6.45) is 4.34. The first-order chi connectivity index (χ1) is 9.65. The maximum absolute atomic E-state index is 13.1. The number of fused-ring (bicyclic) bond motifs is 1. The van der Waals surface area contributed by atoms with Crippen molar-refractivity contribution in [1.29, 1.82) is 0 Å². The molecule has 0 radical (unpaired) electrons. The second kappa shape index (κ2) is 4.88. The van der Waals surface area contributed by atoms with E-state index in [0.717, 1.165) is 24.0 Å². The van der Waals surface area contributed by atoms with Crippen molar-refractivity contribution in [1.82, 2.24) is 15.3 Å². The van der Waals surface area contributed by atoms with Crippen LogP contribution in [0.1, 0.15) is 34.1 Å². The highest BCUT2D eigenvalue weighted by molar-refractivity contribution is 5.96.